The fourth-order valence-electron chi connectivity index (χ4n) is 1.48. The monoisotopic (exact) mass is 196 g/mol. The van der Waals surface area contributed by atoms with Gasteiger partial charge in [0.2, 0.25) is 0 Å². The number of nitrogen functional groups attached to an aromatic ring is 1. The van der Waals surface area contributed by atoms with Crippen LogP contribution in [0.2, 0.25) is 0 Å². The molecule has 3 heteroatoms. The normalized spacial score (nSPS) is 13.2. The van der Waals surface area contributed by atoms with Crippen LogP contribution in [0.4, 0.5) is 10.1 Å². The molecule has 0 amide bonds. The number of hydrogen-bond donors (Lipinski definition) is 2. The van der Waals surface area contributed by atoms with Crippen molar-refractivity contribution in [1.29, 1.82) is 0 Å². The summed E-state index contributed by atoms with van der Waals surface area (Å²) in [6.45, 7) is 4.12. The SMILES string of the molecule is CC(C)CC(N)c1cc(N)ccc1F. The maximum absolute atomic E-state index is 13.3. The van der Waals surface area contributed by atoms with Crippen molar-refractivity contribution in [3.8, 4) is 0 Å². The van der Waals surface area contributed by atoms with Crippen molar-refractivity contribution >= 4 is 5.69 Å². The predicted molar refractivity (Wildman–Crippen MR) is 57.2 cm³/mol. The third-order valence-electron chi connectivity index (χ3n) is 2.14. The van der Waals surface area contributed by atoms with Crippen LogP contribution in [0.15, 0.2) is 18.2 Å². The highest BCUT2D eigenvalue weighted by Crippen LogP contribution is 2.23. The van der Waals surface area contributed by atoms with E-state index in [1.807, 2.05) is 0 Å². The molecular weight excluding hydrogens is 179 g/mol. The summed E-state index contributed by atoms with van der Waals surface area (Å²) in [6, 6.07) is 4.26. The molecule has 0 aliphatic heterocycles. The van der Waals surface area contributed by atoms with E-state index in [2.05, 4.69) is 13.8 Å². The van der Waals surface area contributed by atoms with Gasteiger partial charge in [-0.05, 0) is 30.5 Å². The van der Waals surface area contributed by atoms with Gasteiger partial charge in [-0.1, -0.05) is 13.8 Å². The number of rotatable bonds is 3. The van der Waals surface area contributed by atoms with E-state index in [0.717, 1.165) is 6.42 Å². The van der Waals surface area contributed by atoms with Crippen LogP contribution in [0.1, 0.15) is 31.9 Å². The molecule has 0 aliphatic rings. The number of nitrogens with two attached hydrogens (primary N) is 2. The minimum absolute atomic E-state index is 0.265. The Hall–Kier alpha value is -1.09. The van der Waals surface area contributed by atoms with Crippen LogP contribution in [0.5, 0.6) is 0 Å². The molecule has 0 fully saturated rings. The second kappa shape index (κ2) is 4.42. The standard InChI is InChI=1S/C11H17FN2/c1-7(2)5-11(14)9-6-8(13)3-4-10(9)12/h3-4,6-7,11H,5,13-14H2,1-2H3. The summed E-state index contributed by atoms with van der Waals surface area (Å²) in [7, 11) is 0. The Morgan fingerprint density at radius 1 is 1.36 bits per heavy atom. The lowest BCUT2D eigenvalue weighted by Crippen LogP contribution is -2.14. The summed E-state index contributed by atoms with van der Waals surface area (Å²) in [5.41, 5.74) is 12.5. The first kappa shape index (κ1) is 11.0. The second-order valence-electron chi connectivity index (χ2n) is 4.02. The van der Waals surface area contributed by atoms with Gasteiger partial charge >= 0.3 is 0 Å². The summed E-state index contributed by atoms with van der Waals surface area (Å²) in [5, 5.41) is 0. The molecule has 4 N–H and O–H groups in total. The summed E-state index contributed by atoms with van der Waals surface area (Å²) in [5.74, 6) is 0.179. The van der Waals surface area contributed by atoms with Crippen LogP contribution in [0, 0.1) is 11.7 Å². The summed E-state index contributed by atoms with van der Waals surface area (Å²) < 4.78 is 13.3. The third kappa shape index (κ3) is 2.70. The van der Waals surface area contributed by atoms with Crippen molar-refractivity contribution in [2.75, 3.05) is 5.73 Å². The maximum atomic E-state index is 13.3. The number of halogens is 1. The molecule has 1 rings (SSSR count). The first-order valence-corrected chi connectivity index (χ1v) is 4.81. The molecule has 1 aromatic carbocycles. The van der Waals surface area contributed by atoms with Gasteiger partial charge in [-0.2, -0.15) is 0 Å². The Morgan fingerprint density at radius 2 is 2.00 bits per heavy atom. The highest BCUT2D eigenvalue weighted by atomic mass is 19.1. The van der Waals surface area contributed by atoms with E-state index in [-0.39, 0.29) is 11.9 Å². The van der Waals surface area contributed by atoms with Gasteiger partial charge in [-0.15, -0.1) is 0 Å². The zero-order valence-corrected chi connectivity index (χ0v) is 8.63. The minimum Gasteiger partial charge on any atom is -0.399 e. The summed E-state index contributed by atoms with van der Waals surface area (Å²) >= 11 is 0. The van der Waals surface area contributed by atoms with Crippen molar-refractivity contribution in [3.63, 3.8) is 0 Å². The molecular formula is C11H17FN2. The lowest BCUT2D eigenvalue weighted by molar-refractivity contribution is 0.489. The second-order valence-corrected chi connectivity index (χ2v) is 4.02. The molecule has 0 aliphatic carbocycles. The van der Waals surface area contributed by atoms with Crippen LogP contribution in [-0.4, -0.2) is 0 Å². The van der Waals surface area contributed by atoms with Gasteiger partial charge in [-0.3, -0.25) is 0 Å². The fraction of sp³-hybridized carbons (Fsp3) is 0.455. The highest BCUT2D eigenvalue weighted by molar-refractivity contribution is 5.42. The van der Waals surface area contributed by atoms with E-state index in [1.165, 1.54) is 6.07 Å². The summed E-state index contributed by atoms with van der Waals surface area (Å²) in [6.07, 6.45) is 0.764. The first-order valence-electron chi connectivity index (χ1n) is 4.81. The molecule has 1 atom stereocenters. The smallest absolute Gasteiger partial charge is 0.128 e. The van der Waals surface area contributed by atoms with Crippen molar-refractivity contribution in [3.05, 3.63) is 29.6 Å². The number of benzene rings is 1. The zero-order chi connectivity index (χ0) is 10.7. The highest BCUT2D eigenvalue weighted by Gasteiger charge is 2.12. The Kier molecular flexibility index (Phi) is 3.47. The lowest BCUT2D eigenvalue weighted by Gasteiger charge is -2.15. The number of hydrogen-bond acceptors (Lipinski definition) is 2. The van der Waals surface area contributed by atoms with Gasteiger partial charge in [0.25, 0.3) is 0 Å². The first-order chi connectivity index (χ1) is 6.50. The molecule has 0 heterocycles. The van der Waals surface area contributed by atoms with Gasteiger partial charge in [0, 0.05) is 17.3 Å². The van der Waals surface area contributed by atoms with Gasteiger partial charge in [-0.25, -0.2) is 4.39 Å². The molecule has 14 heavy (non-hydrogen) atoms. The van der Waals surface area contributed by atoms with Crippen LogP contribution < -0.4 is 11.5 Å². The van der Waals surface area contributed by atoms with E-state index in [9.17, 15) is 4.39 Å². The molecule has 0 spiro atoms. The van der Waals surface area contributed by atoms with E-state index in [0.29, 0.717) is 17.2 Å². The van der Waals surface area contributed by atoms with Crippen molar-refractivity contribution in [2.45, 2.75) is 26.3 Å². The predicted octanol–water partition coefficient (Wildman–Crippen LogP) is 2.45. The third-order valence-corrected chi connectivity index (χ3v) is 2.14. The molecule has 0 aromatic heterocycles. The van der Waals surface area contributed by atoms with Crippen molar-refractivity contribution in [2.24, 2.45) is 11.7 Å². The average molecular weight is 196 g/mol. The van der Waals surface area contributed by atoms with Crippen molar-refractivity contribution in [1.82, 2.24) is 0 Å². The Morgan fingerprint density at radius 3 is 2.57 bits per heavy atom. The molecule has 1 unspecified atom stereocenters. The minimum atomic E-state index is -0.271. The molecule has 1 aromatic rings. The molecule has 0 bridgehead atoms. The zero-order valence-electron chi connectivity index (χ0n) is 8.63. The van der Waals surface area contributed by atoms with E-state index < -0.39 is 0 Å². The topological polar surface area (TPSA) is 52.0 Å². The average Bonchev–Trinajstić information content (AvgIpc) is 2.08. The van der Waals surface area contributed by atoms with E-state index in [4.69, 9.17) is 11.5 Å². The maximum Gasteiger partial charge on any atom is 0.128 e. The fourth-order valence-corrected chi connectivity index (χ4v) is 1.48. The largest absolute Gasteiger partial charge is 0.399 e. The van der Waals surface area contributed by atoms with Gasteiger partial charge in [0.15, 0.2) is 0 Å². The molecule has 0 radical (unpaired) electrons. The number of anilines is 1. The molecule has 2 nitrogen and oxygen atoms in total. The van der Waals surface area contributed by atoms with Gasteiger partial charge in [0.1, 0.15) is 5.82 Å². The molecule has 78 valence electrons. The Balaban J connectivity index is 2.88. The van der Waals surface area contributed by atoms with Gasteiger partial charge in [0.05, 0.1) is 0 Å². The quantitative estimate of drug-likeness (QED) is 0.729. The molecule has 0 saturated carbocycles. The van der Waals surface area contributed by atoms with Crippen LogP contribution >= 0.6 is 0 Å². The van der Waals surface area contributed by atoms with Crippen LogP contribution in [0.25, 0.3) is 0 Å². The van der Waals surface area contributed by atoms with Gasteiger partial charge < -0.3 is 11.5 Å². The van der Waals surface area contributed by atoms with E-state index in [1.54, 1.807) is 12.1 Å². The Bertz CT molecular complexity index is 310. The van der Waals surface area contributed by atoms with Crippen LogP contribution in [0.3, 0.4) is 0 Å². The van der Waals surface area contributed by atoms with Crippen molar-refractivity contribution < 1.29 is 4.39 Å². The van der Waals surface area contributed by atoms with E-state index >= 15 is 0 Å². The molecule has 0 saturated heterocycles. The Labute approximate surface area is 84.1 Å². The van der Waals surface area contributed by atoms with Crippen LogP contribution in [-0.2, 0) is 0 Å². The summed E-state index contributed by atoms with van der Waals surface area (Å²) in [4.78, 5) is 0. The lowest BCUT2D eigenvalue weighted by atomic mass is 9.97.